The van der Waals surface area contributed by atoms with Gasteiger partial charge in [0.1, 0.15) is 0 Å². The first-order chi connectivity index (χ1) is 8.83. The fourth-order valence-electron chi connectivity index (χ4n) is 3.28. The van der Waals surface area contributed by atoms with Gasteiger partial charge in [-0.1, -0.05) is 36.8 Å². The molecule has 18 heavy (non-hydrogen) atoms. The highest BCUT2D eigenvalue weighted by Crippen LogP contribution is 2.48. The molecule has 0 aromatic heterocycles. The largest absolute Gasteiger partial charge is 0.501 e. The Morgan fingerprint density at radius 1 is 1.11 bits per heavy atom. The SMILES string of the molecule is NC(C1=COCCC1)C1(c2ccccc2)CCC1. The summed E-state index contributed by atoms with van der Waals surface area (Å²) in [6.07, 6.45) is 7.80. The van der Waals surface area contributed by atoms with E-state index in [1.54, 1.807) is 0 Å². The third kappa shape index (κ3) is 1.85. The molecule has 1 saturated carbocycles. The van der Waals surface area contributed by atoms with Gasteiger partial charge in [-0.25, -0.2) is 0 Å². The summed E-state index contributed by atoms with van der Waals surface area (Å²) in [7, 11) is 0. The molecular formula is C16H21NO. The molecule has 1 aliphatic heterocycles. The molecule has 1 atom stereocenters. The Labute approximate surface area is 109 Å². The van der Waals surface area contributed by atoms with Crippen LogP contribution in [0.4, 0.5) is 0 Å². The van der Waals surface area contributed by atoms with E-state index >= 15 is 0 Å². The van der Waals surface area contributed by atoms with Gasteiger partial charge in [-0.3, -0.25) is 0 Å². The maximum Gasteiger partial charge on any atom is 0.0876 e. The Bertz CT molecular complexity index is 434. The summed E-state index contributed by atoms with van der Waals surface area (Å²) in [5.41, 5.74) is 9.43. The summed E-state index contributed by atoms with van der Waals surface area (Å²) in [4.78, 5) is 0. The van der Waals surface area contributed by atoms with Crippen molar-refractivity contribution < 1.29 is 4.74 Å². The number of nitrogens with two attached hydrogens (primary N) is 1. The van der Waals surface area contributed by atoms with Crippen molar-refractivity contribution in [2.75, 3.05) is 6.61 Å². The van der Waals surface area contributed by atoms with Gasteiger partial charge in [0.05, 0.1) is 12.9 Å². The Morgan fingerprint density at radius 2 is 1.89 bits per heavy atom. The highest BCUT2D eigenvalue weighted by atomic mass is 16.5. The monoisotopic (exact) mass is 243 g/mol. The first-order valence-corrected chi connectivity index (χ1v) is 6.95. The Morgan fingerprint density at radius 3 is 2.44 bits per heavy atom. The summed E-state index contributed by atoms with van der Waals surface area (Å²) in [5.74, 6) is 0. The molecule has 96 valence electrons. The van der Waals surface area contributed by atoms with E-state index in [1.807, 2.05) is 6.26 Å². The molecule has 2 heteroatoms. The van der Waals surface area contributed by atoms with Gasteiger partial charge in [-0.05, 0) is 36.8 Å². The highest BCUT2D eigenvalue weighted by Gasteiger charge is 2.45. The summed E-state index contributed by atoms with van der Waals surface area (Å²) in [6, 6.07) is 10.9. The lowest BCUT2D eigenvalue weighted by Gasteiger charge is -2.48. The second kappa shape index (κ2) is 4.77. The van der Waals surface area contributed by atoms with E-state index in [0.29, 0.717) is 0 Å². The van der Waals surface area contributed by atoms with E-state index in [-0.39, 0.29) is 11.5 Å². The third-order valence-corrected chi connectivity index (χ3v) is 4.55. The summed E-state index contributed by atoms with van der Waals surface area (Å²) < 4.78 is 5.46. The van der Waals surface area contributed by atoms with Crippen molar-refractivity contribution in [2.24, 2.45) is 5.73 Å². The molecule has 1 aromatic rings. The van der Waals surface area contributed by atoms with E-state index in [9.17, 15) is 0 Å². The van der Waals surface area contributed by atoms with Crippen molar-refractivity contribution in [3.05, 3.63) is 47.7 Å². The van der Waals surface area contributed by atoms with Crippen molar-refractivity contribution in [2.45, 2.75) is 43.6 Å². The molecule has 1 fully saturated rings. The van der Waals surface area contributed by atoms with E-state index in [2.05, 4.69) is 30.3 Å². The van der Waals surface area contributed by atoms with Crippen molar-refractivity contribution in [1.82, 2.24) is 0 Å². The van der Waals surface area contributed by atoms with Crippen LogP contribution in [0, 0.1) is 0 Å². The van der Waals surface area contributed by atoms with Gasteiger partial charge < -0.3 is 10.5 Å². The average molecular weight is 243 g/mol. The second-order valence-electron chi connectivity index (χ2n) is 5.52. The number of hydrogen-bond acceptors (Lipinski definition) is 2. The zero-order valence-corrected chi connectivity index (χ0v) is 10.8. The lowest BCUT2D eigenvalue weighted by Crippen LogP contribution is -2.51. The summed E-state index contributed by atoms with van der Waals surface area (Å²) in [5, 5.41) is 0. The predicted octanol–water partition coefficient (Wildman–Crippen LogP) is 3.13. The van der Waals surface area contributed by atoms with Gasteiger partial charge in [0, 0.05) is 11.5 Å². The van der Waals surface area contributed by atoms with E-state index < -0.39 is 0 Å². The Balaban J connectivity index is 1.90. The summed E-state index contributed by atoms with van der Waals surface area (Å²) in [6.45, 7) is 0.842. The third-order valence-electron chi connectivity index (χ3n) is 4.55. The Kier molecular flexibility index (Phi) is 3.13. The minimum atomic E-state index is 0.119. The zero-order valence-electron chi connectivity index (χ0n) is 10.8. The van der Waals surface area contributed by atoms with E-state index in [0.717, 1.165) is 19.4 Å². The van der Waals surface area contributed by atoms with Crippen molar-refractivity contribution in [3.63, 3.8) is 0 Å². The topological polar surface area (TPSA) is 35.2 Å². The fraction of sp³-hybridized carbons (Fsp3) is 0.500. The molecule has 1 aromatic carbocycles. The van der Waals surface area contributed by atoms with Gasteiger partial charge in [0.15, 0.2) is 0 Å². The van der Waals surface area contributed by atoms with Crippen LogP contribution in [0.25, 0.3) is 0 Å². The van der Waals surface area contributed by atoms with Crippen LogP contribution in [0.2, 0.25) is 0 Å². The zero-order chi connectivity index (χ0) is 12.4. The normalized spacial score (nSPS) is 23.5. The molecule has 1 aliphatic carbocycles. The molecule has 1 heterocycles. The number of benzene rings is 1. The van der Waals surface area contributed by atoms with Crippen LogP contribution in [-0.2, 0) is 10.2 Å². The number of hydrogen-bond donors (Lipinski definition) is 1. The number of ether oxygens (including phenoxy) is 1. The predicted molar refractivity (Wildman–Crippen MR) is 73.2 cm³/mol. The molecule has 0 bridgehead atoms. The molecule has 3 rings (SSSR count). The molecule has 0 amide bonds. The lowest BCUT2D eigenvalue weighted by atomic mass is 9.58. The van der Waals surface area contributed by atoms with Crippen LogP contribution in [0.15, 0.2) is 42.2 Å². The standard InChI is InChI=1S/C16H21NO/c17-15(13-6-4-11-18-12-13)16(9-5-10-16)14-7-2-1-3-8-14/h1-3,7-8,12,15H,4-6,9-11,17H2. The molecule has 1 unspecified atom stereocenters. The van der Waals surface area contributed by atoms with Crippen molar-refractivity contribution >= 4 is 0 Å². The fourth-order valence-corrected chi connectivity index (χ4v) is 3.28. The quantitative estimate of drug-likeness (QED) is 0.885. The molecular weight excluding hydrogens is 222 g/mol. The first-order valence-electron chi connectivity index (χ1n) is 6.95. The van der Waals surface area contributed by atoms with Crippen LogP contribution in [0.5, 0.6) is 0 Å². The molecule has 0 radical (unpaired) electrons. The molecule has 0 saturated heterocycles. The minimum absolute atomic E-state index is 0.119. The average Bonchev–Trinajstić information content (AvgIpc) is 2.40. The maximum atomic E-state index is 6.57. The van der Waals surface area contributed by atoms with Gasteiger partial charge in [-0.15, -0.1) is 0 Å². The molecule has 2 aliphatic rings. The molecule has 0 spiro atoms. The van der Waals surface area contributed by atoms with Crippen LogP contribution in [0.3, 0.4) is 0 Å². The van der Waals surface area contributed by atoms with Crippen LogP contribution >= 0.6 is 0 Å². The highest BCUT2D eigenvalue weighted by molar-refractivity contribution is 5.35. The van der Waals surface area contributed by atoms with Gasteiger partial charge in [0.25, 0.3) is 0 Å². The maximum absolute atomic E-state index is 6.57. The van der Waals surface area contributed by atoms with Crippen molar-refractivity contribution in [3.8, 4) is 0 Å². The lowest BCUT2D eigenvalue weighted by molar-refractivity contribution is 0.183. The van der Waals surface area contributed by atoms with Crippen molar-refractivity contribution in [1.29, 1.82) is 0 Å². The summed E-state index contributed by atoms with van der Waals surface area (Å²) >= 11 is 0. The first kappa shape index (κ1) is 11.8. The van der Waals surface area contributed by atoms with Crippen LogP contribution < -0.4 is 5.73 Å². The van der Waals surface area contributed by atoms with Gasteiger partial charge in [0.2, 0.25) is 0 Å². The Hall–Kier alpha value is -1.28. The van der Waals surface area contributed by atoms with Gasteiger partial charge in [-0.2, -0.15) is 0 Å². The van der Waals surface area contributed by atoms with Crippen LogP contribution in [-0.4, -0.2) is 12.6 Å². The smallest absolute Gasteiger partial charge is 0.0876 e. The van der Waals surface area contributed by atoms with Gasteiger partial charge >= 0.3 is 0 Å². The second-order valence-corrected chi connectivity index (χ2v) is 5.52. The van der Waals surface area contributed by atoms with E-state index in [4.69, 9.17) is 10.5 Å². The van der Waals surface area contributed by atoms with Crippen LogP contribution in [0.1, 0.15) is 37.7 Å². The van der Waals surface area contributed by atoms with E-state index in [1.165, 1.54) is 30.4 Å². The minimum Gasteiger partial charge on any atom is -0.501 e. The molecule has 2 nitrogen and oxygen atoms in total. The number of rotatable bonds is 3. The molecule has 2 N–H and O–H groups in total.